The molecule has 1 aromatic carbocycles. The van der Waals surface area contributed by atoms with Crippen LogP contribution < -0.4 is 10.6 Å². The van der Waals surface area contributed by atoms with E-state index in [2.05, 4.69) is 17.6 Å². The minimum absolute atomic E-state index is 0.0357. The van der Waals surface area contributed by atoms with Crippen molar-refractivity contribution in [3.63, 3.8) is 0 Å². The van der Waals surface area contributed by atoms with Crippen LogP contribution in [0.15, 0.2) is 24.3 Å². The molecule has 0 radical (unpaired) electrons. The normalized spacial score (nSPS) is 25.1. The molecule has 0 bridgehead atoms. The summed E-state index contributed by atoms with van der Waals surface area (Å²) >= 11 is 0. The predicted octanol–water partition coefficient (Wildman–Crippen LogP) is 4.98. The average Bonchev–Trinajstić information content (AvgIpc) is 3.30. The molecule has 0 aliphatic carbocycles. The van der Waals surface area contributed by atoms with Crippen molar-refractivity contribution < 1.29 is 38.7 Å². The number of carbonyl (C=O) groups is 2. The number of ether oxygens (including phenoxy) is 4. The summed E-state index contributed by atoms with van der Waals surface area (Å²) in [6.45, 7) is 6.52. The number of carboxylic acids is 1. The van der Waals surface area contributed by atoms with Crippen molar-refractivity contribution in [3.05, 3.63) is 29.8 Å². The molecule has 2 amide bonds. The van der Waals surface area contributed by atoms with Gasteiger partial charge in [-0.05, 0) is 38.0 Å². The second-order valence-corrected chi connectivity index (χ2v) is 11.3. The summed E-state index contributed by atoms with van der Waals surface area (Å²) in [5.41, 5.74) is 1.15. The van der Waals surface area contributed by atoms with Gasteiger partial charge in [-0.3, -0.25) is 4.79 Å². The molecular formula is C30H48N2O8. The lowest BCUT2D eigenvalue weighted by atomic mass is 10.1. The molecule has 3 rings (SSSR count). The molecule has 0 aromatic heterocycles. The zero-order valence-corrected chi connectivity index (χ0v) is 24.3. The third-order valence-electron chi connectivity index (χ3n) is 7.28. The van der Waals surface area contributed by atoms with Crippen LogP contribution in [-0.4, -0.2) is 71.9 Å². The summed E-state index contributed by atoms with van der Waals surface area (Å²) < 4.78 is 24.2. The number of fused-ring (bicyclic) bond motifs is 1. The lowest BCUT2D eigenvalue weighted by Crippen LogP contribution is -2.45. The lowest BCUT2D eigenvalue weighted by molar-refractivity contribution is -0.277. The van der Waals surface area contributed by atoms with E-state index in [0.717, 1.165) is 12.8 Å². The van der Waals surface area contributed by atoms with Gasteiger partial charge in [-0.2, -0.15) is 0 Å². The Morgan fingerprint density at radius 1 is 0.950 bits per heavy atom. The van der Waals surface area contributed by atoms with E-state index in [-0.39, 0.29) is 19.6 Å². The summed E-state index contributed by atoms with van der Waals surface area (Å²) in [6, 6.07) is 6.07. The number of urea groups is 1. The van der Waals surface area contributed by atoms with Crippen molar-refractivity contribution in [3.8, 4) is 0 Å². The van der Waals surface area contributed by atoms with Crippen molar-refractivity contribution >= 4 is 17.7 Å². The summed E-state index contributed by atoms with van der Waals surface area (Å²) in [4.78, 5) is 23.2. The first kappa shape index (κ1) is 32.3. The Morgan fingerprint density at radius 3 is 2.20 bits per heavy atom. The SMILES string of the molecule is CCCCCCCCCCCCOC[C@@]12O[C@@H](CNC(=O)Nc3ccc(CC(=O)O)cc3)[C@@H](O)[C@@H]1OC(C)(C)O2. The molecule has 40 heavy (non-hydrogen) atoms. The topological polar surface area (TPSA) is 136 Å². The fourth-order valence-corrected chi connectivity index (χ4v) is 5.30. The highest BCUT2D eigenvalue weighted by atomic mass is 16.9. The number of aliphatic carboxylic acids is 1. The monoisotopic (exact) mass is 564 g/mol. The van der Waals surface area contributed by atoms with E-state index in [1.54, 1.807) is 38.1 Å². The second kappa shape index (κ2) is 15.7. The molecule has 4 N–H and O–H groups in total. The number of hydrogen-bond donors (Lipinski definition) is 4. The molecule has 1 aromatic rings. The molecule has 10 nitrogen and oxygen atoms in total. The fraction of sp³-hybridized carbons (Fsp3) is 0.733. The van der Waals surface area contributed by atoms with Crippen LogP contribution in [0.4, 0.5) is 10.5 Å². The summed E-state index contributed by atoms with van der Waals surface area (Å²) in [7, 11) is 0. The van der Waals surface area contributed by atoms with Gasteiger partial charge >= 0.3 is 12.0 Å². The van der Waals surface area contributed by atoms with Gasteiger partial charge in [0.05, 0.1) is 6.42 Å². The minimum Gasteiger partial charge on any atom is -0.481 e. The Morgan fingerprint density at radius 2 is 1.57 bits per heavy atom. The number of benzene rings is 1. The van der Waals surface area contributed by atoms with Crippen molar-refractivity contribution in [1.29, 1.82) is 0 Å². The van der Waals surface area contributed by atoms with Crippen LogP contribution in [0.3, 0.4) is 0 Å². The first-order valence-corrected chi connectivity index (χ1v) is 14.8. The number of amides is 2. The molecule has 2 saturated heterocycles. The second-order valence-electron chi connectivity index (χ2n) is 11.3. The van der Waals surface area contributed by atoms with Crippen LogP contribution in [0.2, 0.25) is 0 Å². The Hall–Kier alpha value is -2.24. The number of rotatable bonds is 18. The van der Waals surface area contributed by atoms with Crippen LogP contribution in [0.5, 0.6) is 0 Å². The predicted molar refractivity (Wildman–Crippen MR) is 151 cm³/mol. The Bertz CT molecular complexity index is 925. The Balaban J connectivity index is 1.38. The van der Waals surface area contributed by atoms with Crippen LogP contribution in [0, 0.1) is 0 Å². The Labute approximate surface area is 238 Å². The van der Waals surface area contributed by atoms with Crippen molar-refractivity contribution in [2.45, 2.75) is 121 Å². The van der Waals surface area contributed by atoms with E-state index in [0.29, 0.717) is 17.9 Å². The van der Waals surface area contributed by atoms with Gasteiger partial charge in [0.2, 0.25) is 5.79 Å². The first-order chi connectivity index (χ1) is 19.1. The highest BCUT2D eigenvalue weighted by Crippen LogP contribution is 2.45. The van der Waals surface area contributed by atoms with Gasteiger partial charge in [0.15, 0.2) is 5.79 Å². The molecule has 2 heterocycles. The quantitative estimate of drug-likeness (QED) is 0.183. The van der Waals surface area contributed by atoms with Crippen LogP contribution in [0.1, 0.15) is 90.5 Å². The number of unbranched alkanes of at least 4 members (excludes halogenated alkanes) is 9. The van der Waals surface area contributed by atoms with Gasteiger partial charge in [-0.15, -0.1) is 0 Å². The summed E-state index contributed by atoms with van der Waals surface area (Å²) in [6.07, 6.45) is 9.88. The van der Waals surface area contributed by atoms with E-state index in [1.807, 2.05) is 0 Å². The van der Waals surface area contributed by atoms with E-state index in [9.17, 15) is 14.7 Å². The number of aliphatic hydroxyl groups is 1. The van der Waals surface area contributed by atoms with Crippen molar-refractivity contribution in [1.82, 2.24) is 5.32 Å². The van der Waals surface area contributed by atoms with Crippen LogP contribution >= 0.6 is 0 Å². The molecule has 10 heteroatoms. The molecule has 4 atom stereocenters. The number of aliphatic hydroxyl groups excluding tert-OH is 1. The molecule has 0 spiro atoms. The molecule has 2 aliphatic rings. The molecule has 0 saturated carbocycles. The maximum absolute atomic E-state index is 12.4. The van der Waals surface area contributed by atoms with Gasteiger partial charge < -0.3 is 39.8 Å². The number of anilines is 1. The van der Waals surface area contributed by atoms with Gasteiger partial charge in [0, 0.05) is 18.8 Å². The molecule has 2 fully saturated rings. The maximum Gasteiger partial charge on any atom is 0.319 e. The summed E-state index contributed by atoms with van der Waals surface area (Å²) in [5.74, 6) is -3.10. The number of carboxylic acid groups (broad SMARTS) is 1. The van der Waals surface area contributed by atoms with E-state index >= 15 is 0 Å². The zero-order chi connectivity index (χ0) is 29.0. The average molecular weight is 565 g/mol. The molecule has 2 aliphatic heterocycles. The van der Waals surface area contributed by atoms with Crippen molar-refractivity contribution in [2.75, 3.05) is 25.1 Å². The standard InChI is InChI=1S/C30H48N2O8/c1-4-5-6-7-8-9-10-11-12-13-18-37-21-30-27(39-29(2,3)40-30)26(35)24(38-30)20-31-28(36)32-23-16-14-22(15-17-23)19-25(33)34/h14-17,24,26-27,35H,4-13,18-21H2,1-3H3,(H,33,34)(H2,31,32,36)/t24-,26+,27-,30-/m0/s1. The highest BCUT2D eigenvalue weighted by molar-refractivity contribution is 5.89. The fourth-order valence-electron chi connectivity index (χ4n) is 5.30. The van der Waals surface area contributed by atoms with Gasteiger partial charge in [-0.25, -0.2) is 4.79 Å². The lowest BCUT2D eigenvalue weighted by Gasteiger charge is -2.28. The van der Waals surface area contributed by atoms with E-state index < -0.39 is 41.9 Å². The number of hydrogen-bond acceptors (Lipinski definition) is 7. The number of carbonyl (C=O) groups excluding carboxylic acids is 1. The third-order valence-corrected chi connectivity index (χ3v) is 7.28. The maximum atomic E-state index is 12.4. The molecular weight excluding hydrogens is 516 g/mol. The summed E-state index contributed by atoms with van der Waals surface area (Å²) in [5, 5.41) is 25.2. The van der Waals surface area contributed by atoms with Crippen LogP contribution in [-0.2, 0) is 30.2 Å². The third kappa shape index (κ3) is 9.99. The van der Waals surface area contributed by atoms with Crippen LogP contribution in [0.25, 0.3) is 0 Å². The number of nitrogens with one attached hydrogen (secondary N) is 2. The van der Waals surface area contributed by atoms with Gasteiger partial charge in [0.1, 0.15) is 24.9 Å². The van der Waals surface area contributed by atoms with Crippen molar-refractivity contribution in [2.24, 2.45) is 0 Å². The largest absolute Gasteiger partial charge is 0.481 e. The minimum atomic E-state index is -1.25. The van der Waals surface area contributed by atoms with Gasteiger partial charge in [-0.1, -0.05) is 76.8 Å². The van der Waals surface area contributed by atoms with Gasteiger partial charge in [0.25, 0.3) is 0 Å². The Kier molecular flexibility index (Phi) is 12.6. The smallest absolute Gasteiger partial charge is 0.319 e. The van der Waals surface area contributed by atoms with E-state index in [1.165, 1.54) is 51.4 Å². The first-order valence-electron chi connectivity index (χ1n) is 14.8. The molecule has 0 unspecified atom stereocenters. The highest BCUT2D eigenvalue weighted by Gasteiger charge is 2.64. The molecule has 226 valence electrons. The van der Waals surface area contributed by atoms with E-state index in [4.69, 9.17) is 24.1 Å². The zero-order valence-electron chi connectivity index (χ0n) is 24.3.